The Kier molecular flexibility index (Phi) is 6.04. The normalized spacial score (nSPS) is 18.9. The smallest absolute Gasteiger partial charge is 0.229 e. The van der Waals surface area contributed by atoms with Gasteiger partial charge in [0.15, 0.2) is 5.11 Å². The number of ether oxygens (including phenoxy) is 1. The summed E-state index contributed by atoms with van der Waals surface area (Å²) in [6.45, 7) is 3.39. The lowest BCUT2D eigenvalue weighted by Crippen LogP contribution is -2.39. The molecule has 1 amide bonds. The molecule has 0 radical (unpaired) electrons. The van der Waals surface area contributed by atoms with Gasteiger partial charge in [-0.1, -0.05) is 19.3 Å². The lowest BCUT2D eigenvalue weighted by molar-refractivity contribution is -0.124. The van der Waals surface area contributed by atoms with E-state index in [1.807, 2.05) is 12.1 Å². The summed E-state index contributed by atoms with van der Waals surface area (Å²) in [6, 6.07) is 8.12. The van der Waals surface area contributed by atoms with Crippen molar-refractivity contribution in [1.82, 2.24) is 5.32 Å². The van der Waals surface area contributed by atoms with E-state index in [2.05, 4.69) is 27.7 Å². The molecule has 24 heavy (non-hydrogen) atoms. The number of benzene rings is 1. The van der Waals surface area contributed by atoms with Crippen molar-refractivity contribution in [3.63, 3.8) is 0 Å². The molecule has 1 saturated heterocycles. The minimum absolute atomic E-state index is 0.0529. The number of hydrogen-bond donors (Lipinski definition) is 2. The highest BCUT2D eigenvalue weighted by Gasteiger charge is 2.21. The summed E-state index contributed by atoms with van der Waals surface area (Å²) in [5.41, 5.74) is 2.07. The number of thiocarbonyl (C=S) groups is 1. The molecule has 0 aromatic heterocycles. The minimum Gasteiger partial charge on any atom is -0.378 e. The highest BCUT2D eigenvalue weighted by Crippen LogP contribution is 2.23. The Morgan fingerprint density at radius 3 is 2.42 bits per heavy atom. The zero-order valence-electron chi connectivity index (χ0n) is 13.9. The lowest BCUT2D eigenvalue weighted by atomic mass is 9.89. The third-order valence-corrected chi connectivity index (χ3v) is 4.92. The SMILES string of the molecule is O=C(NC(=S)Nc1ccc(N2CCOCC2)cc1)C1CCCCC1. The molecule has 1 aliphatic carbocycles. The maximum absolute atomic E-state index is 12.2. The van der Waals surface area contributed by atoms with Crippen molar-refractivity contribution < 1.29 is 9.53 Å². The summed E-state index contributed by atoms with van der Waals surface area (Å²) in [4.78, 5) is 14.5. The molecular weight excluding hydrogens is 322 g/mol. The fourth-order valence-electron chi connectivity index (χ4n) is 3.32. The van der Waals surface area contributed by atoms with Crippen molar-refractivity contribution in [1.29, 1.82) is 0 Å². The molecule has 0 spiro atoms. The highest BCUT2D eigenvalue weighted by molar-refractivity contribution is 7.80. The average Bonchev–Trinajstić information content (AvgIpc) is 2.64. The Labute approximate surface area is 148 Å². The van der Waals surface area contributed by atoms with Crippen molar-refractivity contribution in [3.8, 4) is 0 Å². The average molecular weight is 347 g/mol. The topological polar surface area (TPSA) is 53.6 Å². The van der Waals surface area contributed by atoms with E-state index in [4.69, 9.17) is 17.0 Å². The molecule has 2 N–H and O–H groups in total. The maximum Gasteiger partial charge on any atom is 0.229 e. The predicted molar refractivity (Wildman–Crippen MR) is 100 cm³/mol. The Balaban J connectivity index is 1.49. The van der Waals surface area contributed by atoms with Crippen LogP contribution in [-0.4, -0.2) is 37.3 Å². The van der Waals surface area contributed by atoms with Gasteiger partial charge in [0.2, 0.25) is 5.91 Å². The van der Waals surface area contributed by atoms with Crippen molar-refractivity contribution in [3.05, 3.63) is 24.3 Å². The molecular formula is C18H25N3O2S. The standard InChI is InChI=1S/C18H25N3O2S/c22-17(14-4-2-1-3-5-14)20-18(24)19-15-6-8-16(9-7-15)21-10-12-23-13-11-21/h6-9,14H,1-5,10-13H2,(H2,19,20,22,24). The molecule has 2 fully saturated rings. The molecule has 0 bridgehead atoms. The van der Waals surface area contributed by atoms with Crippen LogP contribution >= 0.6 is 12.2 Å². The third-order valence-electron chi connectivity index (χ3n) is 4.71. The van der Waals surface area contributed by atoms with Crippen molar-refractivity contribution in [2.45, 2.75) is 32.1 Å². The summed E-state index contributed by atoms with van der Waals surface area (Å²) < 4.78 is 5.37. The quantitative estimate of drug-likeness (QED) is 0.824. The van der Waals surface area contributed by atoms with Crippen LogP contribution in [0, 0.1) is 5.92 Å². The number of nitrogens with one attached hydrogen (secondary N) is 2. The monoisotopic (exact) mass is 347 g/mol. The summed E-state index contributed by atoms with van der Waals surface area (Å²) in [7, 11) is 0. The summed E-state index contributed by atoms with van der Waals surface area (Å²) in [6.07, 6.45) is 5.47. The zero-order valence-corrected chi connectivity index (χ0v) is 14.7. The fraction of sp³-hybridized carbons (Fsp3) is 0.556. The number of carbonyl (C=O) groups excluding carboxylic acids is 1. The highest BCUT2D eigenvalue weighted by atomic mass is 32.1. The minimum atomic E-state index is 0.0529. The van der Waals surface area contributed by atoms with Gasteiger partial charge < -0.3 is 20.3 Å². The van der Waals surface area contributed by atoms with Gasteiger partial charge in [-0.25, -0.2) is 0 Å². The number of nitrogens with zero attached hydrogens (tertiary/aromatic N) is 1. The Morgan fingerprint density at radius 1 is 1.08 bits per heavy atom. The van der Waals surface area contributed by atoms with Crippen LogP contribution in [0.3, 0.4) is 0 Å². The van der Waals surface area contributed by atoms with E-state index in [1.165, 1.54) is 12.1 Å². The predicted octanol–water partition coefficient (Wildman–Crippen LogP) is 2.92. The molecule has 1 aromatic rings. The van der Waals surface area contributed by atoms with E-state index in [0.717, 1.165) is 57.7 Å². The molecule has 5 nitrogen and oxygen atoms in total. The first-order valence-electron chi connectivity index (χ1n) is 8.77. The van der Waals surface area contributed by atoms with E-state index in [0.29, 0.717) is 5.11 Å². The van der Waals surface area contributed by atoms with Gasteiger partial charge in [0, 0.05) is 30.4 Å². The summed E-state index contributed by atoms with van der Waals surface area (Å²) >= 11 is 5.27. The third kappa shape index (κ3) is 4.68. The first-order chi connectivity index (χ1) is 11.7. The molecule has 2 aliphatic rings. The van der Waals surface area contributed by atoms with Crippen molar-refractivity contribution in [2.75, 3.05) is 36.5 Å². The summed E-state index contributed by atoms with van der Waals surface area (Å²) in [5, 5.41) is 6.31. The maximum atomic E-state index is 12.2. The van der Waals surface area contributed by atoms with Crippen LogP contribution < -0.4 is 15.5 Å². The first-order valence-corrected chi connectivity index (χ1v) is 9.18. The second-order valence-corrected chi connectivity index (χ2v) is 6.83. The molecule has 1 heterocycles. The van der Waals surface area contributed by atoms with E-state index >= 15 is 0 Å². The van der Waals surface area contributed by atoms with Gasteiger partial charge in [0.1, 0.15) is 0 Å². The van der Waals surface area contributed by atoms with Crippen LogP contribution in [0.1, 0.15) is 32.1 Å². The van der Waals surface area contributed by atoms with Crippen molar-refractivity contribution in [2.24, 2.45) is 5.92 Å². The molecule has 3 rings (SSSR count). The van der Waals surface area contributed by atoms with Crippen LogP contribution in [0.15, 0.2) is 24.3 Å². The molecule has 6 heteroatoms. The van der Waals surface area contributed by atoms with E-state index < -0.39 is 0 Å². The largest absolute Gasteiger partial charge is 0.378 e. The van der Waals surface area contributed by atoms with Gasteiger partial charge in [-0.3, -0.25) is 4.79 Å². The second-order valence-electron chi connectivity index (χ2n) is 6.42. The lowest BCUT2D eigenvalue weighted by Gasteiger charge is -2.29. The molecule has 1 aliphatic heterocycles. The van der Waals surface area contributed by atoms with Crippen LogP contribution in [0.2, 0.25) is 0 Å². The molecule has 1 saturated carbocycles. The Hall–Kier alpha value is -1.66. The van der Waals surface area contributed by atoms with Gasteiger partial charge in [0.25, 0.3) is 0 Å². The van der Waals surface area contributed by atoms with Gasteiger partial charge in [-0.15, -0.1) is 0 Å². The molecule has 130 valence electrons. The molecule has 0 unspecified atom stereocenters. The molecule has 1 aromatic carbocycles. The van der Waals surface area contributed by atoms with Crippen LogP contribution in [0.25, 0.3) is 0 Å². The van der Waals surface area contributed by atoms with Gasteiger partial charge in [-0.2, -0.15) is 0 Å². The van der Waals surface area contributed by atoms with Crippen LogP contribution in [0.4, 0.5) is 11.4 Å². The number of hydrogen-bond acceptors (Lipinski definition) is 4. The Bertz CT molecular complexity index is 564. The molecule has 0 atom stereocenters. The van der Waals surface area contributed by atoms with Crippen LogP contribution in [0.5, 0.6) is 0 Å². The van der Waals surface area contributed by atoms with E-state index in [1.54, 1.807) is 0 Å². The van der Waals surface area contributed by atoms with Gasteiger partial charge in [-0.05, 0) is 49.3 Å². The summed E-state index contributed by atoms with van der Waals surface area (Å²) in [5.74, 6) is 0.166. The number of morpholine rings is 1. The first kappa shape index (κ1) is 17.2. The van der Waals surface area contributed by atoms with Gasteiger partial charge in [0.05, 0.1) is 13.2 Å². The van der Waals surface area contributed by atoms with E-state index in [9.17, 15) is 4.79 Å². The van der Waals surface area contributed by atoms with E-state index in [-0.39, 0.29) is 11.8 Å². The van der Waals surface area contributed by atoms with Gasteiger partial charge >= 0.3 is 0 Å². The number of amides is 1. The number of rotatable bonds is 3. The fourth-order valence-corrected chi connectivity index (χ4v) is 3.54. The second kappa shape index (κ2) is 8.44. The zero-order chi connectivity index (χ0) is 16.8. The Morgan fingerprint density at radius 2 is 1.75 bits per heavy atom. The van der Waals surface area contributed by atoms with Crippen molar-refractivity contribution >= 4 is 34.6 Å². The number of anilines is 2. The van der Waals surface area contributed by atoms with Crippen LogP contribution in [-0.2, 0) is 9.53 Å². The number of carbonyl (C=O) groups is 1.